The van der Waals surface area contributed by atoms with Crippen molar-refractivity contribution in [2.24, 2.45) is 10.7 Å². The second-order valence-corrected chi connectivity index (χ2v) is 7.81. The highest BCUT2D eigenvalue weighted by atomic mass is 32.1. The number of hydrogen-bond donors (Lipinski definition) is 2. The third-order valence-electron chi connectivity index (χ3n) is 4.64. The molecule has 0 bridgehead atoms. The Labute approximate surface area is 158 Å². The van der Waals surface area contributed by atoms with E-state index in [0.29, 0.717) is 5.69 Å². The molecule has 9 heteroatoms. The van der Waals surface area contributed by atoms with Crippen LogP contribution >= 0.6 is 11.3 Å². The number of amides is 1. The molecule has 2 aromatic rings. The molecule has 1 aliphatic rings. The molecule has 0 spiro atoms. The molecular weight excluding hydrogens is 377 g/mol. The number of thiazole rings is 1. The molecule has 3 N–H and O–H groups in total. The van der Waals surface area contributed by atoms with Crippen LogP contribution in [0.15, 0.2) is 28.6 Å². The van der Waals surface area contributed by atoms with Crippen LogP contribution in [0.3, 0.4) is 0 Å². The number of nitrogens with zero attached hydrogens (tertiary/aromatic N) is 2. The lowest BCUT2D eigenvalue weighted by atomic mass is 9.79. The number of carbonyl (C=O) groups is 1. The van der Waals surface area contributed by atoms with Crippen LogP contribution < -0.4 is 11.1 Å². The number of hydrogen-bond acceptors (Lipinski definition) is 5. The lowest BCUT2D eigenvalue weighted by Gasteiger charge is -2.38. The summed E-state index contributed by atoms with van der Waals surface area (Å²) in [4.78, 5) is 20.3. The van der Waals surface area contributed by atoms with Crippen LogP contribution in [0.5, 0.6) is 0 Å². The van der Waals surface area contributed by atoms with Crippen molar-refractivity contribution < 1.29 is 18.0 Å². The Balaban J connectivity index is 1.96. The van der Waals surface area contributed by atoms with Crippen molar-refractivity contribution in [1.29, 1.82) is 0 Å². The lowest BCUT2D eigenvalue weighted by Crippen LogP contribution is -2.51. The van der Waals surface area contributed by atoms with Gasteiger partial charge in [-0.25, -0.2) is 18.2 Å². The number of rotatable bonds is 3. The van der Waals surface area contributed by atoms with E-state index >= 15 is 0 Å². The highest BCUT2D eigenvalue weighted by Crippen LogP contribution is 2.42. The standard InChI is InChI=1S/C18H19F3N4OS/c1-9-8-27-15(23-9)14(26)24-10-4-5-12(19)11(6-10)18(3)13(20)7-17(2,21)16(22)25-18/h4-6,8,13H,7H2,1-3H3,(H2,22,25)(H,24,26)/t13-,17+,18+/m0/s1. The van der Waals surface area contributed by atoms with Gasteiger partial charge in [0.25, 0.3) is 5.91 Å². The fourth-order valence-electron chi connectivity index (χ4n) is 2.94. The van der Waals surface area contributed by atoms with Gasteiger partial charge in [0.15, 0.2) is 10.7 Å². The number of amidine groups is 1. The van der Waals surface area contributed by atoms with Gasteiger partial charge < -0.3 is 11.1 Å². The summed E-state index contributed by atoms with van der Waals surface area (Å²) in [6.45, 7) is 4.25. The normalized spacial score (nSPS) is 27.9. The second kappa shape index (κ2) is 6.63. The molecule has 2 heterocycles. The minimum atomic E-state index is -2.09. The molecule has 144 valence electrons. The maximum Gasteiger partial charge on any atom is 0.284 e. The van der Waals surface area contributed by atoms with Crippen LogP contribution in [0.2, 0.25) is 0 Å². The zero-order chi connectivity index (χ0) is 20.0. The van der Waals surface area contributed by atoms with Crippen molar-refractivity contribution in [3.8, 4) is 0 Å². The number of nitrogens with one attached hydrogen (secondary N) is 1. The predicted octanol–water partition coefficient (Wildman–Crippen LogP) is 3.89. The highest BCUT2D eigenvalue weighted by molar-refractivity contribution is 7.11. The van der Waals surface area contributed by atoms with Crippen LogP contribution in [0.25, 0.3) is 0 Å². The van der Waals surface area contributed by atoms with Crippen molar-refractivity contribution in [2.75, 3.05) is 5.32 Å². The Kier molecular flexibility index (Phi) is 4.75. The summed E-state index contributed by atoms with van der Waals surface area (Å²) in [5, 5.41) is 4.58. The van der Waals surface area contributed by atoms with Crippen LogP contribution in [0, 0.1) is 12.7 Å². The molecule has 0 aliphatic carbocycles. The third kappa shape index (κ3) is 3.55. The van der Waals surface area contributed by atoms with Crippen LogP contribution in [-0.2, 0) is 5.54 Å². The zero-order valence-electron chi connectivity index (χ0n) is 15.0. The summed E-state index contributed by atoms with van der Waals surface area (Å²) in [5.41, 5.74) is 2.70. The van der Waals surface area contributed by atoms with Gasteiger partial charge in [-0.05, 0) is 39.0 Å². The van der Waals surface area contributed by atoms with Crippen LogP contribution in [-0.4, -0.2) is 28.6 Å². The maximum atomic E-state index is 14.8. The average Bonchev–Trinajstić information content (AvgIpc) is 3.01. The minimum absolute atomic E-state index is 0.110. The van der Waals surface area contributed by atoms with Gasteiger partial charge >= 0.3 is 0 Å². The molecule has 3 rings (SSSR count). The molecule has 0 fully saturated rings. The van der Waals surface area contributed by atoms with E-state index in [9.17, 15) is 18.0 Å². The van der Waals surface area contributed by atoms with E-state index in [1.165, 1.54) is 30.4 Å². The quantitative estimate of drug-likeness (QED) is 0.826. The minimum Gasteiger partial charge on any atom is -0.385 e. The van der Waals surface area contributed by atoms with Crippen LogP contribution in [0.4, 0.5) is 18.9 Å². The molecule has 3 atom stereocenters. The largest absolute Gasteiger partial charge is 0.385 e. The number of aliphatic imine (C=N–C) groups is 1. The Morgan fingerprint density at radius 1 is 1.41 bits per heavy atom. The van der Waals surface area contributed by atoms with Gasteiger partial charge in [-0.15, -0.1) is 11.3 Å². The maximum absolute atomic E-state index is 14.8. The highest BCUT2D eigenvalue weighted by Gasteiger charge is 2.49. The molecule has 0 saturated heterocycles. The first-order valence-electron chi connectivity index (χ1n) is 8.25. The number of aryl methyl sites for hydroxylation is 1. The molecule has 1 aromatic heterocycles. The Morgan fingerprint density at radius 3 is 2.74 bits per heavy atom. The van der Waals surface area contributed by atoms with E-state index < -0.39 is 35.5 Å². The number of carbonyl (C=O) groups excluding carboxylic acids is 1. The fraction of sp³-hybridized carbons (Fsp3) is 0.389. The van der Waals surface area contributed by atoms with Gasteiger partial charge in [-0.2, -0.15) is 0 Å². The van der Waals surface area contributed by atoms with Gasteiger partial charge in [0.05, 0.1) is 0 Å². The fourth-order valence-corrected chi connectivity index (χ4v) is 3.63. The second-order valence-electron chi connectivity index (χ2n) is 6.96. The van der Waals surface area contributed by atoms with E-state index in [1.54, 1.807) is 12.3 Å². The van der Waals surface area contributed by atoms with Crippen molar-refractivity contribution in [1.82, 2.24) is 4.98 Å². The SMILES string of the molecule is Cc1csc(C(=O)Nc2ccc(F)c([C@@]3(C)N=C(N)[C@](C)(F)C[C@@H]3F)c2)n1. The summed E-state index contributed by atoms with van der Waals surface area (Å²) >= 11 is 1.17. The van der Waals surface area contributed by atoms with Crippen molar-refractivity contribution in [2.45, 2.75) is 44.6 Å². The monoisotopic (exact) mass is 396 g/mol. The topological polar surface area (TPSA) is 80.4 Å². The first kappa shape index (κ1) is 19.3. The number of alkyl halides is 2. The number of nitrogens with two attached hydrogens (primary N) is 1. The van der Waals surface area contributed by atoms with E-state index in [4.69, 9.17) is 5.73 Å². The summed E-state index contributed by atoms with van der Waals surface area (Å²) in [6.07, 6.45) is -2.32. The Morgan fingerprint density at radius 2 is 2.11 bits per heavy atom. The number of halogens is 3. The summed E-state index contributed by atoms with van der Waals surface area (Å²) < 4.78 is 43.5. The van der Waals surface area contributed by atoms with Gasteiger partial charge in [-0.3, -0.25) is 9.79 Å². The van der Waals surface area contributed by atoms with E-state index in [-0.39, 0.29) is 22.1 Å². The van der Waals surface area contributed by atoms with Crippen molar-refractivity contribution >= 4 is 28.8 Å². The third-order valence-corrected chi connectivity index (χ3v) is 5.60. The molecule has 1 amide bonds. The first-order chi connectivity index (χ1) is 12.5. The van der Waals surface area contributed by atoms with E-state index in [2.05, 4.69) is 15.3 Å². The predicted molar refractivity (Wildman–Crippen MR) is 99.2 cm³/mol. The van der Waals surface area contributed by atoms with Crippen LogP contribution in [0.1, 0.15) is 41.3 Å². The summed E-state index contributed by atoms with van der Waals surface area (Å²) in [5.74, 6) is -1.57. The Bertz CT molecular complexity index is 927. The lowest BCUT2D eigenvalue weighted by molar-refractivity contribution is 0.102. The van der Waals surface area contributed by atoms with Gasteiger partial charge in [-0.1, -0.05) is 0 Å². The van der Waals surface area contributed by atoms with Crippen molar-refractivity contribution in [3.05, 3.63) is 45.7 Å². The molecule has 0 saturated carbocycles. The molecule has 27 heavy (non-hydrogen) atoms. The van der Waals surface area contributed by atoms with E-state index in [0.717, 1.165) is 13.0 Å². The van der Waals surface area contributed by atoms with Crippen molar-refractivity contribution in [3.63, 3.8) is 0 Å². The number of anilines is 1. The van der Waals surface area contributed by atoms with Gasteiger partial charge in [0, 0.05) is 28.7 Å². The molecule has 0 unspecified atom stereocenters. The first-order valence-corrected chi connectivity index (χ1v) is 9.13. The molecule has 5 nitrogen and oxygen atoms in total. The van der Waals surface area contributed by atoms with Gasteiger partial charge in [0.2, 0.25) is 0 Å². The molecular formula is C18H19F3N4OS. The smallest absolute Gasteiger partial charge is 0.284 e. The zero-order valence-corrected chi connectivity index (χ0v) is 15.8. The average molecular weight is 396 g/mol. The molecule has 0 radical (unpaired) electrons. The summed E-state index contributed by atoms with van der Waals surface area (Å²) in [7, 11) is 0. The van der Waals surface area contributed by atoms with E-state index in [1.807, 2.05) is 0 Å². The Hall–Kier alpha value is -2.42. The summed E-state index contributed by atoms with van der Waals surface area (Å²) in [6, 6.07) is 3.74. The van der Waals surface area contributed by atoms with Gasteiger partial charge in [0.1, 0.15) is 23.4 Å². The number of benzene rings is 1. The molecule has 1 aliphatic heterocycles. The number of aromatic nitrogens is 1. The molecule has 1 aromatic carbocycles.